The van der Waals surface area contributed by atoms with E-state index in [1.54, 1.807) is 17.0 Å². The molecule has 0 aliphatic carbocycles. The van der Waals surface area contributed by atoms with E-state index in [1.807, 2.05) is 0 Å². The minimum Gasteiger partial charge on any atom is -0.493 e. The molecule has 1 N–H and O–H groups in total. The van der Waals surface area contributed by atoms with Crippen molar-refractivity contribution in [1.29, 1.82) is 0 Å². The van der Waals surface area contributed by atoms with Gasteiger partial charge in [-0.25, -0.2) is 4.39 Å². The minimum absolute atomic E-state index is 0.0169. The molecule has 104 valence electrons. The summed E-state index contributed by atoms with van der Waals surface area (Å²) in [7, 11) is 0. The summed E-state index contributed by atoms with van der Waals surface area (Å²) < 4.78 is 18.2. The van der Waals surface area contributed by atoms with Gasteiger partial charge in [0.25, 0.3) is 0 Å². The van der Waals surface area contributed by atoms with Gasteiger partial charge in [-0.2, -0.15) is 0 Å². The Bertz CT molecular complexity index is 430. The summed E-state index contributed by atoms with van der Waals surface area (Å²) in [5.41, 5.74) is 0. The van der Waals surface area contributed by atoms with E-state index in [-0.39, 0.29) is 30.9 Å². The topological polar surface area (TPSA) is 49.8 Å². The molecule has 1 aliphatic rings. The lowest BCUT2D eigenvalue weighted by Crippen LogP contribution is -2.40. The van der Waals surface area contributed by atoms with Crippen molar-refractivity contribution in [3.05, 3.63) is 30.1 Å². The average molecular weight is 267 g/mol. The van der Waals surface area contributed by atoms with E-state index in [4.69, 9.17) is 4.74 Å². The smallest absolute Gasteiger partial charge is 0.226 e. The first-order valence-electron chi connectivity index (χ1n) is 6.49. The van der Waals surface area contributed by atoms with Gasteiger partial charge in [0.15, 0.2) is 0 Å². The van der Waals surface area contributed by atoms with Crippen LogP contribution in [0.15, 0.2) is 24.3 Å². The third kappa shape index (κ3) is 4.21. The van der Waals surface area contributed by atoms with Crippen LogP contribution in [0.2, 0.25) is 0 Å². The number of hydrogen-bond acceptors (Lipinski definition) is 3. The van der Waals surface area contributed by atoms with Crippen LogP contribution >= 0.6 is 0 Å². The van der Waals surface area contributed by atoms with Gasteiger partial charge in [0.2, 0.25) is 5.91 Å². The molecule has 0 saturated carbocycles. The highest BCUT2D eigenvalue weighted by Crippen LogP contribution is 2.13. The van der Waals surface area contributed by atoms with E-state index in [0.717, 1.165) is 0 Å². The fourth-order valence-electron chi connectivity index (χ4n) is 2.09. The number of nitrogens with zero attached hydrogens (tertiary/aromatic N) is 1. The largest absolute Gasteiger partial charge is 0.493 e. The van der Waals surface area contributed by atoms with Crippen LogP contribution in [0.25, 0.3) is 0 Å². The monoisotopic (exact) mass is 267 g/mol. The number of halogens is 1. The van der Waals surface area contributed by atoms with Gasteiger partial charge in [0.05, 0.1) is 19.1 Å². The predicted octanol–water partition coefficient (Wildman–Crippen LogP) is 1.58. The van der Waals surface area contributed by atoms with Crippen LogP contribution in [0, 0.1) is 5.82 Å². The molecule has 0 aromatic heterocycles. The Morgan fingerprint density at radius 1 is 1.42 bits per heavy atom. The van der Waals surface area contributed by atoms with Crippen molar-refractivity contribution in [2.75, 3.05) is 19.7 Å². The van der Waals surface area contributed by atoms with Gasteiger partial charge in [0, 0.05) is 19.2 Å². The quantitative estimate of drug-likeness (QED) is 0.901. The Kier molecular flexibility index (Phi) is 4.74. The number of hydrogen-bond donors (Lipinski definition) is 1. The summed E-state index contributed by atoms with van der Waals surface area (Å²) >= 11 is 0. The Hall–Kier alpha value is -1.62. The third-order valence-electron chi connectivity index (χ3n) is 3.20. The van der Waals surface area contributed by atoms with E-state index in [2.05, 4.69) is 0 Å². The lowest BCUT2D eigenvalue weighted by Gasteiger charge is -2.29. The highest BCUT2D eigenvalue weighted by molar-refractivity contribution is 5.76. The molecule has 1 amide bonds. The van der Waals surface area contributed by atoms with E-state index >= 15 is 0 Å². The number of rotatable bonds is 4. The van der Waals surface area contributed by atoms with Crippen LogP contribution in [-0.4, -0.2) is 41.7 Å². The number of aliphatic hydroxyl groups excluding tert-OH is 1. The number of likely N-dealkylation sites (tertiary alicyclic amines) is 1. The second kappa shape index (κ2) is 6.52. The van der Waals surface area contributed by atoms with Crippen molar-refractivity contribution >= 4 is 5.91 Å². The Morgan fingerprint density at radius 3 is 2.84 bits per heavy atom. The molecule has 0 radical (unpaired) electrons. The molecule has 19 heavy (non-hydrogen) atoms. The summed E-state index contributed by atoms with van der Waals surface area (Å²) in [4.78, 5) is 13.6. The third-order valence-corrected chi connectivity index (χ3v) is 3.20. The van der Waals surface area contributed by atoms with Crippen LogP contribution in [0.3, 0.4) is 0 Å². The second-order valence-electron chi connectivity index (χ2n) is 4.67. The Balaban J connectivity index is 1.72. The standard InChI is InChI=1S/C14H18FNO3/c15-11-2-1-3-13(10-11)19-9-6-14(18)16-7-4-12(17)5-8-16/h1-3,10,12,17H,4-9H2. The molecule has 1 fully saturated rings. The van der Waals surface area contributed by atoms with Crippen molar-refractivity contribution in [2.24, 2.45) is 0 Å². The van der Waals surface area contributed by atoms with Crippen molar-refractivity contribution in [3.8, 4) is 5.75 Å². The molecule has 0 atom stereocenters. The number of ether oxygens (including phenoxy) is 1. The van der Waals surface area contributed by atoms with Gasteiger partial charge >= 0.3 is 0 Å². The first-order valence-corrected chi connectivity index (χ1v) is 6.49. The van der Waals surface area contributed by atoms with Gasteiger partial charge in [-0.15, -0.1) is 0 Å². The summed E-state index contributed by atoms with van der Waals surface area (Å²) in [6, 6.07) is 5.86. The van der Waals surface area contributed by atoms with Gasteiger partial charge in [-0.05, 0) is 25.0 Å². The van der Waals surface area contributed by atoms with Crippen LogP contribution in [0.4, 0.5) is 4.39 Å². The Morgan fingerprint density at radius 2 is 2.16 bits per heavy atom. The first kappa shape index (κ1) is 13.8. The molecular weight excluding hydrogens is 249 g/mol. The molecule has 2 rings (SSSR count). The number of aliphatic hydroxyl groups is 1. The highest BCUT2D eigenvalue weighted by atomic mass is 19.1. The molecular formula is C14H18FNO3. The summed E-state index contributed by atoms with van der Waals surface area (Å²) in [6.07, 6.45) is 1.26. The molecule has 1 aromatic carbocycles. The molecule has 4 nitrogen and oxygen atoms in total. The van der Waals surface area contributed by atoms with E-state index in [9.17, 15) is 14.3 Å². The van der Waals surface area contributed by atoms with E-state index in [0.29, 0.717) is 31.7 Å². The van der Waals surface area contributed by atoms with Gasteiger partial charge in [-0.3, -0.25) is 4.79 Å². The van der Waals surface area contributed by atoms with Crippen molar-refractivity contribution in [2.45, 2.75) is 25.4 Å². The molecule has 0 spiro atoms. The van der Waals surface area contributed by atoms with E-state index in [1.165, 1.54) is 12.1 Å². The minimum atomic E-state index is -0.353. The zero-order chi connectivity index (χ0) is 13.7. The van der Waals surface area contributed by atoms with Gasteiger partial charge in [-0.1, -0.05) is 6.07 Å². The fourth-order valence-corrected chi connectivity index (χ4v) is 2.09. The van der Waals surface area contributed by atoms with E-state index < -0.39 is 0 Å². The Labute approximate surface area is 111 Å². The average Bonchev–Trinajstić information content (AvgIpc) is 2.39. The summed E-state index contributed by atoms with van der Waals surface area (Å²) in [6.45, 7) is 1.43. The van der Waals surface area contributed by atoms with Crippen LogP contribution in [-0.2, 0) is 4.79 Å². The van der Waals surface area contributed by atoms with Crippen molar-refractivity contribution in [3.63, 3.8) is 0 Å². The zero-order valence-electron chi connectivity index (χ0n) is 10.7. The lowest BCUT2D eigenvalue weighted by atomic mass is 10.1. The molecule has 1 aromatic rings. The van der Waals surface area contributed by atoms with Gasteiger partial charge in [0.1, 0.15) is 11.6 Å². The maximum absolute atomic E-state index is 12.9. The molecule has 1 aliphatic heterocycles. The predicted molar refractivity (Wildman–Crippen MR) is 68.3 cm³/mol. The maximum Gasteiger partial charge on any atom is 0.226 e. The number of piperidine rings is 1. The van der Waals surface area contributed by atoms with Crippen LogP contribution < -0.4 is 4.74 Å². The molecule has 5 heteroatoms. The van der Waals surface area contributed by atoms with Crippen molar-refractivity contribution in [1.82, 2.24) is 4.90 Å². The SMILES string of the molecule is O=C(CCOc1cccc(F)c1)N1CCC(O)CC1. The number of benzene rings is 1. The summed E-state index contributed by atoms with van der Waals surface area (Å²) in [5, 5.41) is 9.36. The van der Waals surface area contributed by atoms with Crippen LogP contribution in [0.5, 0.6) is 5.75 Å². The second-order valence-corrected chi connectivity index (χ2v) is 4.67. The number of carbonyl (C=O) groups excluding carboxylic acids is 1. The summed E-state index contributed by atoms with van der Waals surface area (Å²) in [5.74, 6) is 0.0963. The molecule has 1 saturated heterocycles. The van der Waals surface area contributed by atoms with Gasteiger partial charge < -0.3 is 14.7 Å². The zero-order valence-corrected chi connectivity index (χ0v) is 10.7. The normalized spacial score (nSPS) is 16.4. The molecule has 0 bridgehead atoms. The molecule has 0 unspecified atom stereocenters. The highest BCUT2D eigenvalue weighted by Gasteiger charge is 2.20. The first-order chi connectivity index (χ1) is 9.15. The molecule has 1 heterocycles. The number of amides is 1. The number of carbonyl (C=O) groups is 1. The van der Waals surface area contributed by atoms with Crippen LogP contribution in [0.1, 0.15) is 19.3 Å². The van der Waals surface area contributed by atoms with Crippen molar-refractivity contribution < 1.29 is 19.0 Å². The maximum atomic E-state index is 12.9. The lowest BCUT2D eigenvalue weighted by molar-refractivity contribution is -0.133. The fraction of sp³-hybridized carbons (Fsp3) is 0.500.